The molecule has 0 spiro atoms. The van der Waals surface area contributed by atoms with Crippen molar-refractivity contribution in [3.05, 3.63) is 0 Å². The lowest BCUT2D eigenvalue weighted by Gasteiger charge is -2.38. The summed E-state index contributed by atoms with van der Waals surface area (Å²) in [5, 5.41) is 27.7. The fourth-order valence-corrected chi connectivity index (χ4v) is 1.57. The third kappa shape index (κ3) is 2.40. The molecule has 0 aromatic carbocycles. The molecule has 1 rings (SSSR count). The molecule has 4 atom stereocenters. The Labute approximate surface area is 78.1 Å². The molecule has 0 aromatic heterocycles. The van der Waals surface area contributed by atoms with Crippen LogP contribution < -0.4 is 0 Å². The molecule has 0 aromatic rings. The van der Waals surface area contributed by atoms with Crippen LogP contribution in [0.25, 0.3) is 0 Å². The Morgan fingerprint density at radius 3 is 2.46 bits per heavy atom. The van der Waals surface area contributed by atoms with Crippen LogP contribution in [-0.2, 0) is 4.74 Å². The standard InChI is InChI=1S/C9H18O4/c1-5(2)7-3-6(11)9(12)8(4-10)13-7/h5-12H,3-4H2,1-2H3/t6-,7?,8-,9+/m1/s1. The van der Waals surface area contributed by atoms with Gasteiger partial charge >= 0.3 is 0 Å². The number of rotatable bonds is 2. The van der Waals surface area contributed by atoms with Gasteiger partial charge in [-0.1, -0.05) is 13.8 Å². The Morgan fingerprint density at radius 2 is 2.00 bits per heavy atom. The fraction of sp³-hybridized carbons (Fsp3) is 1.00. The molecular formula is C9H18O4. The minimum absolute atomic E-state index is 0.0736. The van der Waals surface area contributed by atoms with Gasteiger partial charge in [-0.2, -0.15) is 0 Å². The predicted molar refractivity (Wildman–Crippen MR) is 47.2 cm³/mol. The minimum atomic E-state index is -0.958. The zero-order valence-electron chi connectivity index (χ0n) is 8.05. The van der Waals surface area contributed by atoms with E-state index in [4.69, 9.17) is 9.84 Å². The molecule has 13 heavy (non-hydrogen) atoms. The van der Waals surface area contributed by atoms with Gasteiger partial charge in [0, 0.05) is 6.42 Å². The normalized spacial score (nSPS) is 41.1. The summed E-state index contributed by atoms with van der Waals surface area (Å²) in [4.78, 5) is 0. The van der Waals surface area contributed by atoms with E-state index < -0.39 is 18.3 Å². The Hall–Kier alpha value is -0.160. The lowest BCUT2D eigenvalue weighted by atomic mass is 9.92. The van der Waals surface area contributed by atoms with Crippen molar-refractivity contribution in [2.45, 2.75) is 44.7 Å². The highest BCUT2D eigenvalue weighted by molar-refractivity contribution is 4.85. The lowest BCUT2D eigenvalue weighted by molar-refractivity contribution is -0.189. The molecule has 0 radical (unpaired) electrons. The average Bonchev–Trinajstić information content (AvgIpc) is 2.09. The Bertz CT molecular complexity index is 160. The van der Waals surface area contributed by atoms with Crippen molar-refractivity contribution < 1.29 is 20.1 Å². The second-order valence-electron chi connectivity index (χ2n) is 3.93. The van der Waals surface area contributed by atoms with E-state index in [1.807, 2.05) is 13.8 Å². The van der Waals surface area contributed by atoms with Crippen LogP contribution >= 0.6 is 0 Å². The number of aliphatic hydroxyl groups excluding tert-OH is 3. The van der Waals surface area contributed by atoms with E-state index in [0.29, 0.717) is 6.42 Å². The van der Waals surface area contributed by atoms with Gasteiger partial charge in [0.1, 0.15) is 12.2 Å². The van der Waals surface area contributed by atoms with Crippen LogP contribution in [0.5, 0.6) is 0 Å². The largest absolute Gasteiger partial charge is 0.394 e. The molecule has 0 aliphatic carbocycles. The Morgan fingerprint density at radius 1 is 1.38 bits per heavy atom. The molecule has 0 bridgehead atoms. The summed E-state index contributed by atoms with van der Waals surface area (Å²) in [6, 6.07) is 0. The number of aliphatic hydroxyl groups is 3. The monoisotopic (exact) mass is 190 g/mol. The van der Waals surface area contributed by atoms with E-state index in [1.54, 1.807) is 0 Å². The fourth-order valence-electron chi connectivity index (χ4n) is 1.57. The first kappa shape index (κ1) is 10.9. The van der Waals surface area contributed by atoms with Gasteiger partial charge < -0.3 is 20.1 Å². The van der Waals surface area contributed by atoms with E-state index >= 15 is 0 Å². The van der Waals surface area contributed by atoms with Gasteiger partial charge in [-0.05, 0) is 5.92 Å². The summed E-state index contributed by atoms with van der Waals surface area (Å²) in [6.07, 6.45) is -2.01. The molecule has 1 aliphatic heterocycles. The van der Waals surface area contributed by atoms with Crippen LogP contribution in [0.4, 0.5) is 0 Å². The summed E-state index contributed by atoms with van der Waals surface area (Å²) in [6.45, 7) is 3.73. The van der Waals surface area contributed by atoms with E-state index in [1.165, 1.54) is 0 Å². The summed E-state index contributed by atoms with van der Waals surface area (Å²) in [5.41, 5.74) is 0. The summed E-state index contributed by atoms with van der Waals surface area (Å²) < 4.78 is 5.42. The molecule has 78 valence electrons. The molecule has 0 amide bonds. The van der Waals surface area contributed by atoms with Crippen molar-refractivity contribution >= 4 is 0 Å². The smallest absolute Gasteiger partial charge is 0.109 e. The molecule has 4 heteroatoms. The van der Waals surface area contributed by atoms with Crippen molar-refractivity contribution in [1.29, 1.82) is 0 Å². The second kappa shape index (κ2) is 4.37. The second-order valence-corrected chi connectivity index (χ2v) is 3.93. The number of hydrogen-bond acceptors (Lipinski definition) is 4. The lowest BCUT2D eigenvalue weighted by Crippen LogP contribution is -2.51. The van der Waals surface area contributed by atoms with Crippen LogP contribution in [0, 0.1) is 5.92 Å². The molecule has 1 unspecified atom stereocenters. The highest BCUT2D eigenvalue weighted by Crippen LogP contribution is 2.24. The number of hydrogen-bond donors (Lipinski definition) is 3. The van der Waals surface area contributed by atoms with Gasteiger partial charge in [-0.15, -0.1) is 0 Å². The Kier molecular flexibility index (Phi) is 3.67. The molecule has 1 saturated heterocycles. The Balaban J connectivity index is 2.58. The third-order valence-corrected chi connectivity index (χ3v) is 2.52. The van der Waals surface area contributed by atoms with Gasteiger partial charge in [0.05, 0.1) is 18.8 Å². The SMILES string of the molecule is CC(C)C1C[C@@H](O)[C@H](O)[C@@H](CO)O1. The average molecular weight is 190 g/mol. The van der Waals surface area contributed by atoms with Crippen LogP contribution in [0.2, 0.25) is 0 Å². The molecule has 1 fully saturated rings. The first-order chi connectivity index (χ1) is 6.06. The van der Waals surface area contributed by atoms with Crippen molar-refractivity contribution in [3.63, 3.8) is 0 Å². The molecular weight excluding hydrogens is 172 g/mol. The maximum absolute atomic E-state index is 9.46. The van der Waals surface area contributed by atoms with Crippen LogP contribution in [0.3, 0.4) is 0 Å². The van der Waals surface area contributed by atoms with E-state index in [-0.39, 0.29) is 18.6 Å². The summed E-state index contributed by atoms with van der Waals surface area (Å²) in [5.74, 6) is 0.288. The maximum atomic E-state index is 9.46. The zero-order valence-corrected chi connectivity index (χ0v) is 8.05. The highest BCUT2D eigenvalue weighted by atomic mass is 16.5. The zero-order chi connectivity index (χ0) is 10.0. The molecule has 4 nitrogen and oxygen atoms in total. The minimum Gasteiger partial charge on any atom is -0.394 e. The van der Waals surface area contributed by atoms with E-state index in [2.05, 4.69) is 0 Å². The molecule has 0 saturated carbocycles. The van der Waals surface area contributed by atoms with E-state index in [0.717, 1.165) is 0 Å². The number of ether oxygens (including phenoxy) is 1. The molecule has 1 aliphatic rings. The molecule has 1 heterocycles. The van der Waals surface area contributed by atoms with Gasteiger partial charge in [0.25, 0.3) is 0 Å². The topological polar surface area (TPSA) is 69.9 Å². The summed E-state index contributed by atoms with van der Waals surface area (Å²) >= 11 is 0. The summed E-state index contributed by atoms with van der Waals surface area (Å²) in [7, 11) is 0. The van der Waals surface area contributed by atoms with Crippen molar-refractivity contribution in [2.75, 3.05) is 6.61 Å². The van der Waals surface area contributed by atoms with Crippen LogP contribution in [0.1, 0.15) is 20.3 Å². The maximum Gasteiger partial charge on any atom is 0.109 e. The van der Waals surface area contributed by atoms with Gasteiger partial charge in [-0.3, -0.25) is 0 Å². The van der Waals surface area contributed by atoms with Crippen molar-refractivity contribution in [2.24, 2.45) is 5.92 Å². The third-order valence-electron chi connectivity index (χ3n) is 2.52. The van der Waals surface area contributed by atoms with Gasteiger partial charge in [0.2, 0.25) is 0 Å². The molecule has 3 N–H and O–H groups in total. The first-order valence-corrected chi connectivity index (χ1v) is 4.68. The van der Waals surface area contributed by atoms with Crippen LogP contribution in [-0.4, -0.2) is 46.3 Å². The van der Waals surface area contributed by atoms with Crippen LogP contribution in [0.15, 0.2) is 0 Å². The van der Waals surface area contributed by atoms with E-state index in [9.17, 15) is 10.2 Å². The van der Waals surface area contributed by atoms with Crippen molar-refractivity contribution in [1.82, 2.24) is 0 Å². The predicted octanol–water partition coefficient (Wildman–Crippen LogP) is -0.486. The van der Waals surface area contributed by atoms with Gasteiger partial charge in [0.15, 0.2) is 0 Å². The quantitative estimate of drug-likeness (QED) is 0.550. The van der Waals surface area contributed by atoms with Gasteiger partial charge in [-0.25, -0.2) is 0 Å². The first-order valence-electron chi connectivity index (χ1n) is 4.68. The van der Waals surface area contributed by atoms with Crippen molar-refractivity contribution in [3.8, 4) is 0 Å². The highest BCUT2D eigenvalue weighted by Gasteiger charge is 2.37.